The number of hydrogen-bond acceptors (Lipinski definition) is 5. The van der Waals surface area contributed by atoms with Gasteiger partial charge in [-0.05, 0) is 30.7 Å². The molecule has 1 N–H and O–H groups in total. The Morgan fingerprint density at radius 1 is 1.53 bits per heavy atom. The first-order chi connectivity index (χ1) is 8.15. The van der Waals surface area contributed by atoms with E-state index in [0.717, 1.165) is 11.3 Å². The molecule has 0 spiro atoms. The lowest BCUT2D eigenvalue weighted by Crippen LogP contribution is -2.38. The summed E-state index contributed by atoms with van der Waals surface area (Å²) in [7, 11) is 0. The number of nitrogens with zero attached hydrogens (tertiary/aromatic N) is 2. The fraction of sp³-hybridized carbons (Fsp3) is 0.700. The summed E-state index contributed by atoms with van der Waals surface area (Å²) in [6.07, 6.45) is 6.96. The molecule has 17 heavy (non-hydrogen) atoms. The summed E-state index contributed by atoms with van der Waals surface area (Å²) in [6, 6.07) is 0. The molecule has 1 fully saturated rings. The van der Waals surface area contributed by atoms with Crippen LogP contribution in [0.25, 0.3) is 0 Å². The van der Waals surface area contributed by atoms with Crippen LogP contribution < -0.4 is 5.32 Å². The van der Waals surface area contributed by atoms with E-state index >= 15 is 0 Å². The van der Waals surface area contributed by atoms with Gasteiger partial charge in [0.2, 0.25) is 9.47 Å². The Labute approximate surface area is 114 Å². The van der Waals surface area contributed by atoms with Crippen molar-refractivity contribution in [3.05, 3.63) is 9.47 Å². The number of thioether (sulfide) groups is 1. The van der Waals surface area contributed by atoms with Crippen molar-refractivity contribution in [2.24, 2.45) is 0 Å². The third kappa shape index (κ3) is 3.11. The van der Waals surface area contributed by atoms with Crippen molar-refractivity contribution in [2.75, 3.05) is 12.8 Å². The summed E-state index contributed by atoms with van der Waals surface area (Å²) in [4.78, 5) is 11.8. The molecule has 1 aliphatic carbocycles. The van der Waals surface area contributed by atoms with Gasteiger partial charge in [-0.15, -0.1) is 10.2 Å². The standard InChI is InChI=1S/C10H14ClN3OS2/c1-16-10(4-2-3-5-10)6-12-7(15)8-13-14-9(11)17-8/h2-6H2,1H3,(H,12,15). The van der Waals surface area contributed by atoms with E-state index in [9.17, 15) is 4.79 Å². The zero-order chi connectivity index (χ0) is 12.3. The predicted octanol–water partition coefficient (Wildman–Crippen LogP) is 2.60. The van der Waals surface area contributed by atoms with Crippen molar-refractivity contribution in [2.45, 2.75) is 30.4 Å². The zero-order valence-electron chi connectivity index (χ0n) is 9.53. The fourth-order valence-electron chi connectivity index (χ4n) is 2.09. The van der Waals surface area contributed by atoms with Crippen LogP contribution in [0, 0.1) is 0 Å². The van der Waals surface area contributed by atoms with Gasteiger partial charge in [0.05, 0.1) is 0 Å². The smallest absolute Gasteiger partial charge is 0.282 e. The minimum Gasteiger partial charge on any atom is -0.349 e. The summed E-state index contributed by atoms with van der Waals surface area (Å²) < 4.78 is 0.514. The van der Waals surface area contributed by atoms with Gasteiger partial charge in [0, 0.05) is 11.3 Å². The maximum absolute atomic E-state index is 11.8. The summed E-state index contributed by atoms with van der Waals surface area (Å²) in [5.41, 5.74) is 0. The molecule has 94 valence electrons. The fourth-order valence-corrected chi connectivity index (χ4v) is 3.74. The molecular weight excluding hydrogens is 278 g/mol. The highest BCUT2D eigenvalue weighted by molar-refractivity contribution is 8.00. The first-order valence-corrected chi connectivity index (χ1v) is 7.89. The Bertz CT molecular complexity index is 404. The predicted molar refractivity (Wildman–Crippen MR) is 72.0 cm³/mol. The normalized spacial score (nSPS) is 18.2. The maximum Gasteiger partial charge on any atom is 0.282 e. The molecule has 1 heterocycles. The second-order valence-corrected chi connectivity index (χ2v) is 6.97. The van der Waals surface area contributed by atoms with Crippen molar-refractivity contribution in [1.29, 1.82) is 0 Å². The van der Waals surface area contributed by atoms with Gasteiger partial charge < -0.3 is 5.32 Å². The van der Waals surface area contributed by atoms with Gasteiger partial charge in [-0.1, -0.05) is 24.2 Å². The average molecular weight is 292 g/mol. The number of carbonyl (C=O) groups is 1. The van der Waals surface area contributed by atoms with Gasteiger partial charge in [-0.2, -0.15) is 11.8 Å². The molecular formula is C10H14ClN3OS2. The largest absolute Gasteiger partial charge is 0.349 e. The molecule has 7 heteroatoms. The number of nitrogens with one attached hydrogen (secondary N) is 1. The molecule has 0 saturated heterocycles. The lowest BCUT2D eigenvalue weighted by Gasteiger charge is -2.26. The molecule has 4 nitrogen and oxygen atoms in total. The average Bonchev–Trinajstić information content (AvgIpc) is 2.95. The SMILES string of the molecule is CSC1(CNC(=O)c2nnc(Cl)s2)CCCC1. The van der Waals surface area contributed by atoms with Crippen LogP contribution >= 0.6 is 34.7 Å². The van der Waals surface area contributed by atoms with Crippen LogP contribution in [-0.4, -0.2) is 33.7 Å². The molecule has 0 aliphatic heterocycles. The van der Waals surface area contributed by atoms with Crippen LogP contribution in [-0.2, 0) is 0 Å². The molecule has 0 atom stereocenters. The Balaban J connectivity index is 1.91. The van der Waals surface area contributed by atoms with Crippen molar-refractivity contribution in [1.82, 2.24) is 15.5 Å². The van der Waals surface area contributed by atoms with Crippen molar-refractivity contribution in [3.63, 3.8) is 0 Å². The molecule has 0 unspecified atom stereocenters. The van der Waals surface area contributed by atoms with Gasteiger partial charge in [-0.3, -0.25) is 4.79 Å². The molecule has 0 aromatic carbocycles. The number of rotatable bonds is 4. The van der Waals surface area contributed by atoms with Crippen molar-refractivity contribution < 1.29 is 4.79 Å². The van der Waals surface area contributed by atoms with E-state index in [1.807, 2.05) is 11.8 Å². The van der Waals surface area contributed by atoms with Gasteiger partial charge in [-0.25, -0.2) is 0 Å². The summed E-state index contributed by atoms with van der Waals surface area (Å²) in [5, 5.41) is 10.6. The summed E-state index contributed by atoms with van der Waals surface area (Å²) in [6.45, 7) is 0.699. The van der Waals surface area contributed by atoms with E-state index in [0.29, 0.717) is 16.0 Å². The first kappa shape index (κ1) is 13.1. The Morgan fingerprint density at radius 3 is 2.76 bits per heavy atom. The van der Waals surface area contributed by atoms with Crippen LogP contribution in [0.4, 0.5) is 0 Å². The molecule has 1 saturated carbocycles. The molecule has 1 amide bonds. The van der Waals surface area contributed by atoms with Gasteiger partial charge >= 0.3 is 0 Å². The van der Waals surface area contributed by atoms with E-state index in [1.165, 1.54) is 25.7 Å². The van der Waals surface area contributed by atoms with E-state index in [4.69, 9.17) is 11.6 Å². The van der Waals surface area contributed by atoms with Gasteiger partial charge in [0.25, 0.3) is 5.91 Å². The van der Waals surface area contributed by atoms with Crippen molar-refractivity contribution >= 4 is 40.6 Å². The number of hydrogen-bond donors (Lipinski definition) is 1. The first-order valence-electron chi connectivity index (χ1n) is 5.48. The lowest BCUT2D eigenvalue weighted by atomic mass is 10.1. The number of amides is 1. The molecule has 1 aromatic rings. The number of aromatic nitrogens is 2. The van der Waals surface area contributed by atoms with Crippen LogP contribution in [0.1, 0.15) is 35.5 Å². The lowest BCUT2D eigenvalue weighted by molar-refractivity contribution is 0.0948. The zero-order valence-corrected chi connectivity index (χ0v) is 11.9. The summed E-state index contributed by atoms with van der Waals surface area (Å²) in [5.74, 6) is -0.172. The topological polar surface area (TPSA) is 54.9 Å². The van der Waals surface area contributed by atoms with Crippen LogP contribution in [0.5, 0.6) is 0 Å². The second kappa shape index (κ2) is 5.54. The van der Waals surface area contributed by atoms with Crippen LogP contribution in [0.3, 0.4) is 0 Å². The van der Waals surface area contributed by atoms with Crippen molar-refractivity contribution in [3.8, 4) is 0 Å². The molecule has 1 aliphatic rings. The maximum atomic E-state index is 11.8. The minimum absolute atomic E-state index is 0.172. The van der Waals surface area contributed by atoms with E-state index in [-0.39, 0.29) is 10.7 Å². The Hall–Kier alpha value is -0.330. The van der Waals surface area contributed by atoms with Gasteiger partial charge in [0.1, 0.15) is 0 Å². The van der Waals surface area contributed by atoms with Crippen LogP contribution in [0.15, 0.2) is 0 Å². The quantitative estimate of drug-likeness (QED) is 0.926. The second-order valence-electron chi connectivity index (χ2n) is 4.14. The number of halogens is 1. The Kier molecular flexibility index (Phi) is 4.27. The highest BCUT2D eigenvalue weighted by Crippen LogP contribution is 2.39. The highest BCUT2D eigenvalue weighted by atomic mass is 35.5. The number of carbonyl (C=O) groups excluding carboxylic acids is 1. The third-order valence-corrected chi connectivity index (χ3v) is 5.55. The summed E-state index contributed by atoms with van der Waals surface area (Å²) >= 11 is 8.61. The molecule has 0 radical (unpaired) electrons. The Morgan fingerprint density at radius 2 is 2.24 bits per heavy atom. The molecule has 1 aromatic heterocycles. The van der Waals surface area contributed by atoms with Crippen LogP contribution in [0.2, 0.25) is 4.47 Å². The highest BCUT2D eigenvalue weighted by Gasteiger charge is 2.33. The van der Waals surface area contributed by atoms with E-state index in [2.05, 4.69) is 21.8 Å². The van der Waals surface area contributed by atoms with Gasteiger partial charge in [0.15, 0.2) is 0 Å². The molecule has 2 rings (SSSR count). The van der Waals surface area contributed by atoms with E-state index in [1.54, 1.807) is 0 Å². The minimum atomic E-state index is -0.172. The third-order valence-electron chi connectivity index (χ3n) is 3.11. The van der Waals surface area contributed by atoms with E-state index < -0.39 is 0 Å². The molecule has 0 bridgehead atoms. The monoisotopic (exact) mass is 291 g/mol.